The van der Waals surface area contributed by atoms with Crippen molar-refractivity contribution in [3.05, 3.63) is 23.3 Å². The summed E-state index contributed by atoms with van der Waals surface area (Å²) in [7, 11) is 1.92. The molecule has 0 amide bonds. The van der Waals surface area contributed by atoms with Gasteiger partial charge in [0.2, 0.25) is 0 Å². The number of aromatic nitrogens is 2. The van der Waals surface area contributed by atoms with Crippen LogP contribution in [0.2, 0.25) is 0 Å². The van der Waals surface area contributed by atoms with Gasteiger partial charge >= 0.3 is 0 Å². The fourth-order valence-corrected chi connectivity index (χ4v) is 1.67. The third kappa shape index (κ3) is 2.33. The highest BCUT2D eigenvalue weighted by atomic mass is 16.5. The predicted molar refractivity (Wildman–Crippen MR) is 57.7 cm³/mol. The smallest absolute Gasteiger partial charge is 0.145 e. The normalized spacial score (nSPS) is 18.0. The molecule has 2 rings (SSSR count). The van der Waals surface area contributed by atoms with E-state index in [0.717, 1.165) is 37.6 Å². The minimum Gasteiger partial charge on any atom is -0.381 e. The van der Waals surface area contributed by atoms with Crippen LogP contribution >= 0.6 is 0 Å². The van der Waals surface area contributed by atoms with Crippen LogP contribution in [0.5, 0.6) is 0 Å². The number of hydrogen-bond donors (Lipinski definition) is 1. The molecule has 0 radical (unpaired) electrons. The summed E-state index contributed by atoms with van der Waals surface area (Å²) in [5, 5.41) is 3.15. The first-order valence-electron chi connectivity index (χ1n) is 5.41. The number of nitrogens with zero attached hydrogens (tertiary/aromatic N) is 2. The molecule has 82 valence electrons. The van der Waals surface area contributed by atoms with E-state index < -0.39 is 0 Å². The molecular formula is C11H17N3O. The fraction of sp³-hybridized carbons (Fsp3) is 0.636. The third-order valence-corrected chi connectivity index (χ3v) is 2.79. The fourth-order valence-electron chi connectivity index (χ4n) is 1.67. The minimum atomic E-state index is 0.208. The summed E-state index contributed by atoms with van der Waals surface area (Å²) in [6.45, 7) is 3.63. The summed E-state index contributed by atoms with van der Waals surface area (Å²) in [5.74, 6) is 0.873. The van der Waals surface area contributed by atoms with E-state index >= 15 is 0 Å². The summed E-state index contributed by atoms with van der Waals surface area (Å²) in [6, 6.07) is 0.208. The van der Waals surface area contributed by atoms with E-state index in [1.165, 1.54) is 5.56 Å². The predicted octanol–water partition coefficient (Wildman–Crippen LogP) is 0.872. The highest BCUT2D eigenvalue weighted by Crippen LogP contribution is 2.14. The molecule has 1 N–H and O–H groups in total. The molecule has 0 saturated carbocycles. The molecule has 15 heavy (non-hydrogen) atoms. The van der Waals surface area contributed by atoms with Crippen LogP contribution in [0.3, 0.4) is 0 Å². The Morgan fingerprint density at radius 3 is 3.00 bits per heavy atom. The van der Waals surface area contributed by atoms with E-state index in [0.29, 0.717) is 0 Å². The molecule has 1 unspecified atom stereocenters. The van der Waals surface area contributed by atoms with Gasteiger partial charge in [-0.1, -0.05) is 0 Å². The van der Waals surface area contributed by atoms with E-state index in [2.05, 4.69) is 22.2 Å². The first kappa shape index (κ1) is 10.5. The maximum Gasteiger partial charge on any atom is 0.145 e. The van der Waals surface area contributed by atoms with Crippen molar-refractivity contribution >= 4 is 0 Å². The molecule has 0 saturated heterocycles. The molecular weight excluding hydrogens is 190 g/mol. The van der Waals surface area contributed by atoms with Crippen LogP contribution in [-0.4, -0.2) is 30.2 Å². The number of fused-ring (bicyclic) bond motifs is 1. The lowest BCUT2D eigenvalue weighted by Crippen LogP contribution is -2.17. The Morgan fingerprint density at radius 1 is 1.40 bits per heavy atom. The molecule has 1 aromatic rings. The Kier molecular flexibility index (Phi) is 3.28. The first-order valence-corrected chi connectivity index (χ1v) is 5.41. The first-order chi connectivity index (χ1) is 7.31. The van der Waals surface area contributed by atoms with Crippen molar-refractivity contribution in [2.75, 3.05) is 20.3 Å². The summed E-state index contributed by atoms with van der Waals surface area (Å²) in [5.41, 5.74) is 2.39. The van der Waals surface area contributed by atoms with E-state index in [-0.39, 0.29) is 6.04 Å². The summed E-state index contributed by atoms with van der Waals surface area (Å²) in [6.07, 6.45) is 3.78. The molecule has 1 aliphatic heterocycles. The van der Waals surface area contributed by atoms with Crippen LogP contribution in [-0.2, 0) is 17.6 Å². The number of ether oxygens (including phenoxy) is 1. The molecule has 1 aromatic heterocycles. The van der Waals surface area contributed by atoms with Gasteiger partial charge in [-0.15, -0.1) is 0 Å². The second-order valence-electron chi connectivity index (χ2n) is 3.82. The van der Waals surface area contributed by atoms with E-state index in [9.17, 15) is 0 Å². The summed E-state index contributed by atoms with van der Waals surface area (Å²) in [4.78, 5) is 8.97. The Balaban J connectivity index is 2.27. The lowest BCUT2D eigenvalue weighted by atomic mass is 10.1. The molecule has 4 heteroatoms. The van der Waals surface area contributed by atoms with Gasteiger partial charge in [0.1, 0.15) is 5.82 Å². The van der Waals surface area contributed by atoms with Gasteiger partial charge < -0.3 is 10.1 Å². The summed E-state index contributed by atoms with van der Waals surface area (Å²) >= 11 is 0. The Bertz CT molecular complexity index is 341. The number of nitrogens with one attached hydrogen (secondary N) is 1. The minimum absolute atomic E-state index is 0.208. The Hall–Kier alpha value is -1.00. The summed E-state index contributed by atoms with van der Waals surface area (Å²) < 4.78 is 5.42. The Morgan fingerprint density at radius 2 is 2.20 bits per heavy atom. The van der Waals surface area contributed by atoms with Crippen LogP contribution < -0.4 is 5.32 Å². The van der Waals surface area contributed by atoms with Gasteiger partial charge in [-0.2, -0.15) is 0 Å². The van der Waals surface area contributed by atoms with Crippen molar-refractivity contribution in [1.29, 1.82) is 0 Å². The quantitative estimate of drug-likeness (QED) is 0.781. The maximum absolute atomic E-state index is 5.42. The van der Waals surface area contributed by atoms with Crippen molar-refractivity contribution in [3.8, 4) is 0 Å². The van der Waals surface area contributed by atoms with Gasteiger partial charge in [-0.25, -0.2) is 9.97 Å². The van der Waals surface area contributed by atoms with Crippen molar-refractivity contribution in [3.63, 3.8) is 0 Å². The lowest BCUT2D eigenvalue weighted by molar-refractivity contribution is 0.146. The molecule has 0 aromatic carbocycles. The molecule has 0 spiro atoms. The molecule has 2 heterocycles. The zero-order chi connectivity index (χ0) is 10.7. The van der Waals surface area contributed by atoms with Crippen molar-refractivity contribution < 1.29 is 4.74 Å². The van der Waals surface area contributed by atoms with Crippen molar-refractivity contribution in [2.24, 2.45) is 0 Å². The molecule has 0 fully saturated rings. The standard InChI is InChI=1S/C11H17N3O/c1-8(12-2)11-13-7-9-3-5-15-6-4-10(9)14-11/h7-8,12H,3-6H2,1-2H3. The van der Waals surface area contributed by atoms with E-state index in [1.54, 1.807) is 0 Å². The maximum atomic E-state index is 5.42. The highest BCUT2D eigenvalue weighted by Gasteiger charge is 2.13. The van der Waals surface area contributed by atoms with Crippen LogP contribution in [0.1, 0.15) is 30.0 Å². The van der Waals surface area contributed by atoms with Crippen LogP contribution in [0.4, 0.5) is 0 Å². The SMILES string of the molecule is CNC(C)c1ncc2c(n1)CCOCC2. The third-order valence-electron chi connectivity index (χ3n) is 2.79. The van der Waals surface area contributed by atoms with E-state index in [4.69, 9.17) is 4.74 Å². The van der Waals surface area contributed by atoms with Gasteiger partial charge in [0, 0.05) is 18.3 Å². The van der Waals surface area contributed by atoms with Gasteiger partial charge in [-0.05, 0) is 26.0 Å². The average molecular weight is 207 g/mol. The molecule has 4 nitrogen and oxygen atoms in total. The van der Waals surface area contributed by atoms with Gasteiger partial charge in [0.25, 0.3) is 0 Å². The molecule has 0 aliphatic carbocycles. The topological polar surface area (TPSA) is 47.0 Å². The van der Waals surface area contributed by atoms with Crippen LogP contribution in [0.15, 0.2) is 6.20 Å². The number of rotatable bonds is 2. The van der Waals surface area contributed by atoms with E-state index in [1.807, 2.05) is 13.2 Å². The lowest BCUT2D eigenvalue weighted by Gasteiger charge is -2.11. The van der Waals surface area contributed by atoms with Gasteiger partial charge in [0.05, 0.1) is 19.3 Å². The largest absolute Gasteiger partial charge is 0.381 e. The second kappa shape index (κ2) is 4.68. The zero-order valence-electron chi connectivity index (χ0n) is 9.29. The van der Waals surface area contributed by atoms with Gasteiger partial charge in [-0.3, -0.25) is 0 Å². The zero-order valence-corrected chi connectivity index (χ0v) is 9.29. The Labute approximate surface area is 90.1 Å². The molecule has 1 atom stereocenters. The van der Waals surface area contributed by atoms with Crippen LogP contribution in [0.25, 0.3) is 0 Å². The number of hydrogen-bond acceptors (Lipinski definition) is 4. The average Bonchev–Trinajstić information content (AvgIpc) is 2.51. The van der Waals surface area contributed by atoms with Crippen molar-refractivity contribution in [1.82, 2.24) is 15.3 Å². The highest BCUT2D eigenvalue weighted by molar-refractivity contribution is 5.20. The van der Waals surface area contributed by atoms with Crippen molar-refractivity contribution in [2.45, 2.75) is 25.8 Å². The monoisotopic (exact) mass is 207 g/mol. The second-order valence-corrected chi connectivity index (χ2v) is 3.82. The van der Waals surface area contributed by atoms with Gasteiger partial charge in [0.15, 0.2) is 0 Å². The molecule has 1 aliphatic rings. The van der Waals surface area contributed by atoms with Crippen LogP contribution in [0, 0.1) is 0 Å². The molecule has 0 bridgehead atoms.